The number of nitrogens with two attached hydrogens (primary N) is 1. The Labute approximate surface area is 210 Å². The lowest BCUT2D eigenvalue weighted by molar-refractivity contribution is 0.0867. The van der Waals surface area contributed by atoms with E-state index in [1.807, 2.05) is 49.1 Å². The number of carbonyl (C=O) groups excluding carboxylic acids is 1. The SMILES string of the molecule is CC.CC(C)(F)CN1CCN(C(=O)N(Cc2ccc(COCN)cc2)c2cccc(CF)c2)CC1.[HH]. The maximum atomic E-state index is 14.0. The van der Waals surface area contributed by atoms with E-state index in [4.69, 9.17) is 10.5 Å². The lowest BCUT2D eigenvalue weighted by Crippen LogP contribution is -2.54. The second-order valence-corrected chi connectivity index (χ2v) is 8.99. The highest BCUT2D eigenvalue weighted by Crippen LogP contribution is 2.23. The summed E-state index contributed by atoms with van der Waals surface area (Å²) in [5.41, 5.74) is 7.23. The summed E-state index contributed by atoms with van der Waals surface area (Å²) in [7, 11) is 0. The van der Waals surface area contributed by atoms with Gasteiger partial charge in [0, 0.05) is 39.8 Å². The second-order valence-electron chi connectivity index (χ2n) is 8.99. The van der Waals surface area contributed by atoms with Crippen molar-refractivity contribution in [1.82, 2.24) is 9.80 Å². The molecule has 0 aliphatic carbocycles. The van der Waals surface area contributed by atoms with Crippen LogP contribution in [0.5, 0.6) is 0 Å². The van der Waals surface area contributed by atoms with Crippen LogP contribution in [0.2, 0.25) is 0 Å². The number of anilines is 1. The molecule has 8 heteroatoms. The summed E-state index contributed by atoms with van der Waals surface area (Å²) in [5, 5.41) is 0. The number of alkyl halides is 2. The minimum atomic E-state index is -1.27. The van der Waals surface area contributed by atoms with Crippen LogP contribution in [0.4, 0.5) is 19.3 Å². The van der Waals surface area contributed by atoms with Crippen LogP contribution < -0.4 is 10.6 Å². The molecule has 2 aromatic rings. The lowest BCUT2D eigenvalue weighted by atomic mass is 10.1. The summed E-state index contributed by atoms with van der Waals surface area (Å²) in [6.07, 6.45) is 0. The number of halogens is 2. The van der Waals surface area contributed by atoms with Gasteiger partial charge in [0.15, 0.2) is 0 Å². The highest BCUT2D eigenvalue weighted by atomic mass is 19.1. The Kier molecular flexibility index (Phi) is 11.6. The first-order chi connectivity index (χ1) is 16.8. The van der Waals surface area contributed by atoms with Crippen molar-refractivity contribution >= 4 is 11.7 Å². The van der Waals surface area contributed by atoms with Crippen molar-refractivity contribution in [2.45, 2.75) is 53.2 Å². The molecule has 0 atom stereocenters. The normalized spacial score (nSPS) is 14.3. The predicted octanol–water partition coefficient (Wildman–Crippen LogP) is 5.35. The van der Waals surface area contributed by atoms with Gasteiger partial charge in [-0.2, -0.15) is 0 Å². The number of rotatable bonds is 9. The highest BCUT2D eigenvalue weighted by Gasteiger charge is 2.29. The Morgan fingerprint density at radius 3 is 2.26 bits per heavy atom. The van der Waals surface area contributed by atoms with Crippen LogP contribution in [0, 0.1) is 0 Å². The van der Waals surface area contributed by atoms with E-state index >= 15 is 0 Å². The molecule has 2 aromatic carbocycles. The van der Waals surface area contributed by atoms with Gasteiger partial charge in [-0.05, 0) is 42.7 Å². The third-order valence-electron chi connectivity index (χ3n) is 5.60. The van der Waals surface area contributed by atoms with Gasteiger partial charge in [0.1, 0.15) is 12.3 Å². The molecule has 0 bridgehead atoms. The zero-order chi connectivity index (χ0) is 25.8. The van der Waals surface area contributed by atoms with Gasteiger partial charge in [-0.3, -0.25) is 9.80 Å². The average molecular weight is 493 g/mol. The lowest BCUT2D eigenvalue weighted by Gasteiger charge is -2.39. The van der Waals surface area contributed by atoms with Gasteiger partial charge in [-0.1, -0.05) is 50.2 Å². The largest absolute Gasteiger partial charge is 0.362 e. The topological polar surface area (TPSA) is 62.0 Å². The Balaban J connectivity index is 0.00000211. The molecular weight excluding hydrogens is 450 g/mol. The van der Waals surface area contributed by atoms with Crippen LogP contribution in [0.1, 0.15) is 45.8 Å². The zero-order valence-electron chi connectivity index (χ0n) is 21.5. The first-order valence-electron chi connectivity index (χ1n) is 12.3. The number of piperazine rings is 1. The van der Waals surface area contributed by atoms with Crippen LogP contribution in [0.15, 0.2) is 48.5 Å². The Hall–Kier alpha value is -2.55. The molecular formula is C27H42F2N4O2. The van der Waals surface area contributed by atoms with Gasteiger partial charge >= 0.3 is 6.03 Å². The van der Waals surface area contributed by atoms with E-state index < -0.39 is 12.3 Å². The van der Waals surface area contributed by atoms with Crippen molar-refractivity contribution in [2.75, 3.05) is 44.4 Å². The van der Waals surface area contributed by atoms with E-state index in [1.54, 1.807) is 41.8 Å². The van der Waals surface area contributed by atoms with Crippen molar-refractivity contribution < 1.29 is 19.7 Å². The monoisotopic (exact) mass is 492 g/mol. The smallest absolute Gasteiger partial charge is 0.324 e. The minimum absolute atomic E-state index is 0. The minimum Gasteiger partial charge on any atom is -0.362 e. The molecule has 1 fully saturated rings. The van der Waals surface area contributed by atoms with E-state index in [1.165, 1.54) is 0 Å². The van der Waals surface area contributed by atoms with E-state index in [0.717, 1.165) is 11.1 Å². The number of urea groups is 1. The summed E-state index contributed by atoms with van der Waals surface area (Å²) in [6, 6.07) is 14.7. The number of amides is 2. The van der Waals surface area contributed by atoms with E-state index in [0.29, 0.717) is 57.1 Å². The molecule has 0 spiro atoms. The highest BCUT2D eigenvalue weighted by molar-refractivity contribution is 5.92. The molecule has 2 N–H and O–H groups in total. The van der Waals surface area contributed by atoms with Crippen LogP contribution in [0.25, 0.3) is 0 Å². The molecule has 0 radical (unpaired) electrons. The van der Waals surface area contributed by atoms with Crippen molar-refractivity contribution in [3.8, 4) is 0 Å². The third-order valence-corrected chi connectivity index (χ3v) is 5.60. The Bertz CT molecular complexity index is 901. The summed E-state index contributed by atoms with van der Waals surface area (Å²) < 4.78 is 32.6. The molecule has 6 nitrogen and oxygen atoms in total. The van der Waals surface area contributed by atoms with Crippen molar-refractivity contribution in [1.29, 1.82) is 0 Å². The summed E-state index contributed by atoms with van der Waals surface area (Å²) in [6.45, 7) is 10.1. The summed E-state index contributed by atoms with van der Waals surface area (Å²) in [4.78, 5) is 19.0. The van der Waals surface area contributed by atoms with Crippen LogP contribution in [-0.4, -0.2) is 61.0 Å². The molecule has 0 aromatic heterocycles. The zero-order valence-corrected chi connectivity index (χ0v) is 21.5. The number of hydrogen-bond donors (Lipinski definition) is 1. The Morgan fingerprint density at radius 1 is 1.06 bits per heavy atom. The molecule has 1 aliphatic heterocycles. The fourth-order valence-corrected chi connectivity index (χ4v) is 3.98. The van der Waals surface area contributed by atoms with Crippen molar-refractivity contribution in [3.63, 3.8) is 0 Å². The maximum Gasteiger partial charge on any atom is 0.324 e. The van der Waals surface area contributed by atoms with Gasteiger partial charge in [0.25, 0.3) is 0 Å². The first kappa shape index (κ1) is 28.7. The maximum absolute atomic E-state index is 14.0. The summed E-state index contributed by atoms with van der Waals surface area (Å²) in [5.74, 6) is 0. The average Bonchev–Trinajstić information content (AvgIpc) is 2.87. The Morgan fingerprint density at radius 2 is 1.69 bits per heavy atom. The third kappa shape index (κ3) is 9.20. The molecule has 0 unspecified atom stereocenters. The first-order valence-corrected chi connectivity index (χ1v) is 12.3. The molecule has 0 saturated carbocycles. The van der Waals surface area contributed by atoms with Crippen LogP contribution in [-0.2, 0) is 24.6 Å². The standard InChI is InChI=1S/C25H34F2N4O2.C2H6.H2/c1-25(2,27)18-29-10-12-30(13-11-29)24(32)31(23-5-3-4-22(14-23)15-26)16-20-6-8-21(9-7-20)17-33-19-28;1-2;/h3-9,14H,10-13,15-19,28H2,1-2H3;1-2H3;1H. The van der Waals surface area contributed by atoms with Gasteiger partial charge < -0.3 is 15.4 Å². The molecule has 35 heavy (non-hydrogen) atoms. The number of nitrogens with zero attached hydrogens (tertiary/aromatic N) is 3. The number of ether oxygens (including phenoxy) is 1. The fraction of sp³-hybridized carbons (Fsp3) is 0.519. The van der Waals surface area contributed by atoms with Gasteiger partial charge in [0.05, 0.1) is 19.9 Å². The molecule has 2 amide bonds. The molecule has 3 rings (SSSR count). The number of hydrogen-bond acceptors (Lipinski definition) is 4. The van der Waals surface area contributed by atoms with Gasteiger partial charge in [-0.15, -0.1) is 0 Å². The van der Waals surface area contributed by atoms with E-state index in [-0.39, 0.29) is 14.2 Å². The summed E-state index contributed by atoms with van der Waals surface area (Å²) >= 11 is 0. The second kappa shape index (κ2) is 14.1. The van der Waals surface area contributed by atoms with Crippen molar-refractivity contribution in [3.05, 3.63) is 65.2 Å². The van der Waals surface area contributed by atoms with Crippen molar-refractivity contribution in [2.24, 2.45) is 5.73 Å². The molecule has 1 aliphatic rings. The van der Waals surface area contributed by atoms with Crippen LogP contribution in [0.3, 0.4) is 0 Å². The van der Waals surface area contributed by atoms with E-state index in [2.05, 4.69) is 0 Å². The quantitative estimate of drug-likeness (QED) is 0.479. The predicted molar refractivity (Wildman–Crippen MR) is 140 cm³/mol. The van der Waals surface area contributed by atoms with E-state index in [9.17, 15) is 13.6 Å². The number of benzene rings is 2. The molecule has 196 valence electrons. The molecule has 1 heterocycles. The van der Waals surface area contributed by atoms with Gasteiger partial charge in [-0.25, -0.2) is 13.6 Å². The van der Waals surface area contributed by atoms with Crippen LogP contribution >= 0.6 is 0 Å². The van der Waals surface area contributed by atoms with Gasteiger partial charge in [0.2, 0.25) is 0 Å². The fourth-order valence-electron chi connectivity index (χ4n) is 3.98. The number of carbonyl (C=O) groups is 1. The molecule has 1 saturated heterocycles.